The Morgan fingerprint density at radius 1 is 1.40 bits per heavy atom. The Morgan fingerprint density at radius 3 is 2.90 bits per heavy atom. The summed E-state index contributed by atoms with van der Waals surface area (Å²) in [5, 5.41) is 5.94. The number of carbonyl (C=O) groups excluding carboxylic acids is 1. The number of carbonyl (C=O) groups is 1. The van der Waals surface area contributed by atoms with E-state index in [0.29, 0.717) is 25.5 Å². The number of pyridine rings is 1. The topological polar surface area (TPSA) is 66.5 Å². The van der Waals surface area contributed by atoms with E-state index in [1.54, 1.807) is 12.3 Å². The third kappa shape index (κ3) is 6.49. The molecule has 1 rings (SSSR count). The first-order chi connectivity index (χ1) is 9.63. The van der Waals surface area contributed by atoms with Gasteiger partial charge in [0.1, 0.15) is 5.69 Å². The molecule has 0 unspecified atom stereocenters. The first kappa shape index (κ1) is 16.4. The van der Waals surface area contributed by atoms with Gasteiger partial charge in [-0.05, 0) is 33.2 Å². The summed E-state index contributed by atoms with van der Waals surface area (Å²) >= 11 is 0. The van der Waals surface area contributed by atoms with Gasteiger partial charge in [0, 0.05) is 31.5 Å². The van der Waals surface area contributed by atoms with Gasteiger partial charge in [0.05, 0.1) is 13.2 Å². The Balaban J connectivity index is 2.27. The van der Waals surface area contributed by atoms with Crippen LogP contribution < -0.4 is 10.6 Å². The fraction of sp³-hybridized carbons (Fsp3) is 0.571. The van der Waals surface area contributed by atoms with Crippen molar-refractivity contribution in [3.8, 4) is 0 Å². The number of rotatable bonds is 9. The number of anilines is 1. The first-order valence-corrected chi connectivity index (χ1v) is 6.84. The largest absolute Gasteiger partial charge is 0.385 e. The summed E-state index contributed by atoms with van der Waals surface area (Å²) < 4.78 is 5.40. The van der Waals surface area contributed by atoms with Gasteiger partial charge >= 0.3 is 0 Å². The Hall–Kier alpha value is -1.66. The highest BCUT2D eigenvalue weighted by atomic mass is 16.5. The Bertz CT molecular complexity index is 410. The molecule has 0 aliphatic rings. The van der Waals surface area contributed by atoms with Gasteiger partial charge in [-0.2, -0.15) is 0 Å². The Labute approximate surface area is 120 Å². The van der Waals surface area contributed by atoms with Gasteiger partial charge in [0.25, 0.3) is 5.91 Å². The molecular weight excluding hydrogens is 256 g/mol. The van der Waals surface area contributed by atoms with E-state index in [4.69, 9.17) is 4.74 Å². The molecule has 1 amide bonds. The molecule has 112 valence electrons. The van der Waals surface area contributed by atoms with Crippen LogP contribution in [0, 0.1) is 0 Å². The summed E-state index contributed by atoms with van der Waals surface area (Å²) in [5.41, 5.74) is 1.31. The molecule has 0 saturated heterocycles. The summed E-state index contributed by atoms with van der Waals surface area (Å²) in [4.78, 5) is 18.0. The van der Waals surface area contributed by atoms with E-state index in [1.807, 2.05) is 27.1 Å². The van der Waals surface area contributed by atoms with E-state index in [2.05, 4.69) is 20.5 Å². The lowest BCUT2D eigenvalue weighted by Gasteiger charge is -2.10. The standard InChI is InChI=1S/C14H24N4O2/c1-4-15-12-5-6-16-13(11-12)14(19)17-7-9-20-10-8-18(2)3/h5-6,11H,4,7-10H2,1-3H3,(H,15,16)(H,17,19). The number of amides is 1. The molecule has 0 aromatic carbocycles. The second-order valence-corrected chi connectivity index (χ2v) is 4.63. The van der Waals surface area contributed by atoms with Crippen molar-refractivity contribution in [2.75, 3.05) is 52.3 Å². The van der Waals surface area contributed by atoms with Crippen molar-refractivity contribution in [2.45, 2.75) is 6.92 Å². The van der Waals surface area contributed by atoms with E-state index in [9.17, 15) is 4.79 Å². The molecule has 1 aromatic heterocycles. The van der Waals surface area contributed by atoms with Crippen LogP contribution >= 0.6 is 0 Å². The second kappa shape index (κ2) is 9.28. The van der Waals surface area contributed by atoms with Gasteiger partial charge in [-0.15, -0.1) is 0 Å². The molecule has 0 radical (unpaired) electrons. The zero-order valence-corrected chi connectivity index (χ0v) is 12.5. The van der Waals surface area contributed by atoms with Crippen LogP contribution in [0.4, 0.5) is 5.69 Å². The smallest absolute Gasteiger partial charge is 0.270 e. The average molecular weight is 280 g/mol. The van der Waals surface area contributed by atoms with Crippen LogP contribution in [0.3, 0.4) is 0 Å². The van der Waals surface area contributed by atoms with Crippen LogP contribution in [0.25, 0.3) is 0 Å². The van der Waals surface area contributed by atoms with Gasteiger partial charge < -0.3 is 20.3 Å². The lowest BCUT2D eigenvalue weighted by molar-refractivity contribution is 0.0896. The molecule has 6 heteroatoms. The maximum absolute atomic E-state index is 11.9. The van der Waals surface area contributed by atoms with E-state index in [-0.39, 0.29) is 5.91 Å². The number of nitrogens with zero attached hydrogens (tertiary/aromatic N) is 2. The molecule has 20 heavy (non-hydrogen) atoms. The normalized spacial score (nSPS) is 10.6. The molecule has 0 aliphatic heterocycles. The lowest BCUT2D eigenvalue weighted by Crippen LogP contribution is -2.29. The van der Waals surface area contributed by atoms with Crippen LogP contribution in [0.15, 0.2) is 18.3 Å². The Kier molecular flexibility index (Phi) is 7.60. The van der Waals surface area contributed by atoms with Gasteiger partial charge in [0.2, 0.25) is 0 Å². The van der Waals surface area contributed by atoms with Crippen molar-refractivity contribution in [1.29, 1.82) is 0 Å². The minimum atomic E-state index is -0.180. The van der Waals surface area contributed by atoms with Crippen LogP contribution in [-0.4, -0.2) is 62.7 Å². The van der Waals surface area contributed by atoms with Crippen molar-refractivity contribution in [3.05, 3.63) is 24.0 Å². The summed E-state index contributed by atoms with van der Waals surface area (Å²) in [7, 11) is 3.99. The van der Waals surface area contributed by atoms with E-state index in [1.165, 1.54) is 0 Å². The SMILES string of the molecule is CCNc1ccnc(C(=O)NCCOCCN(C)C)c1. The molecule has 0 atom stereocenters. The number of hydrogen-bond donors (Lipinski definition) is 2. The Morgan fingerprint density at radius 2 is 2.20 bits per heavy atom. The molecule has 1 aromatic rings. The van der Waals surface area contributed by atoms with Crippen molar-refractivity contribution in [3.63, 3.8) is 0 Å². The summed E-state index contributed by atoms with van der Waals surface area (Å²) in [6.07, 6.45) is 1.63. The monoisotopic (exact) mass is 280 g/mol. The predicted molar refractivity (Wildman–Crippen MR) is 80.1 cm³/mol. The highest BCUT2D eigenvalue weighted by molar-refractivity contribution is 5.93. The predicted octanol–water partition coefficient (Wildman–Crippen LogP) is 0.821. The fourth-order valence-electron chi connectivity index (χ4n) is 1.55. The number of hydrogen-bond acceptors (Lipinski definition) is 5. The minimum Gasteiger partial charge on any atom is -0.385 e. The minimum absolute atomic E-state index is 0.180. The molecule has 1 heterocycles. The molecule has 0 spiro atoms. The maximum atomic E-state index is 11.9. The lowest BCUT2D eigenvalue weighted by atomic mass is 10.3. The maximum Gasteiger partial charge on any atom is 0.270 e. The molecule has 6 nitrogen and oxygen atoms in total. The number of nitrogens with one attached hydrogen (secondary N) is 2. The average Bonchev–Trinajstić information content (AvgIpc) is 2.43. The number of aromatic nitrogens is 1. The van der Waals surface area contributed by atoms with Crippen molar-refractivity contribution in [2.24, 2.45) is 0 Å². The zero-order chi connectivity index (χ0) is 14.8. The van der Waals surface area contributed by atoms with E-state index < -0.39 is 0 Å². The zero-order valence-electron chi connectivity index (χ0n) is 12.5. The number of likely N-dealkylation sites (N-methyl/N-ethyl adjacent to an activating group) is 1. The highest BCUT2D eigenvalue weighted by Crippen LogP contribution is 2.07. The molecule has 0 aliphatic carbocycles. The van der Waals surface area contributed by atoms with Gasteiger partial charge in [0.15, 0.2) is 0 Å². The van der Waals surface area contributed by atoms with Crippen molar-refractivity contribution < 1.29 is 9.53 Å². The second-order valence-electron chi connectivity index (χ2n) is 4.63. The van der Waals surface area contributed by atoms with Crippen LogP contribution in [0.1, 0.15) is 17.4 Å². The van der Waals surface area contributed by atoms with Crippen LogP contribution in [-0.2, 0) is 4.74 Å². The summed E-state index contributed by atoms with van der Waals surface area (Å²) in [6.45, 7) is 5.35. The molecule has 2 N–H and O–H groups in total. The molecular formula is C14H24N4O2. The molecule has 0 bridgehead atoms. The molecule has 0 fully saturated rings. The third-order valence-electron chi connectivity index (χ3n) is 2.59. The summed E-state index contributed by atoms with van der Waals surface area (Å²) in [6, 6.07) is 3.58. The highest BCUT2D eigenvalue weighted by Gasteiger charge is 2.06. The number of ether oxygens (including phenoxy) is 1. The van der Waals surface area contributed by atoms with Crippen molar-refractivity contribution >= 4 is 11.6 Å². The van der Waals surface area contributed by atoms with Gasteiger partial charge in [-0.1, -0.05) is 0 Å². The van der Waals surface area contributed by atoms with Gasteiger partial charge in [-0.25, -0.2) is 0 Å². The third-order valence-corrected chi connectivity index (χ3v) is 2.59. The van der Waals surface area contributed by atoms with Crippen LogP contribution in [0.2, 0.25) is 0 Å². The fourth-order valence-corrected chi connectivity index (χ4v) is 1.55. The van der Waals surface area contributed by atoms with Crippen molar-refractivity contribution in [1.82, 2.24) is 15.2 Å². The van der Waals surface area contributed by atoms with E-state index >= 15 is 0 Å². The summed E-state index contributed by atoms with van der Waals surface area (Å²) in [5.74, 6) is -0.180. The molecule has 0 saturated carbocycles. The van der Waals surface area contributed by atoms with Crippen LogP contribution in [0.5, 0.6) is 0 Å². The van der Waals surface area contributed by atoms with Gasteiger partial charge in [-0.3, -0.25) is 9.78 Å². The quantitative estimate of drug-likeness (QED) is 0.656. The first-order valence-electron chi connectivity index (χ1n) is 6.84. The van der Waals surface area contributed by atoms with E-state index in [0.717, 1.165) is 18.8 Å².